The zero-order valence-corrected chi connectivity index (χ0v) is 13.2. The van der Waals surface area contributed by atoms with Crippen LogP contribution < -0.4 is 5.32 Å². The van der Waals surface area contributed by atoms with Gasteiger partial charge in [-0.15, -0.1) is 0 Å². The average molecular weight is 327 g/mol. The van der Waals surface area contributed by atoms with Crippen molar-refractivity contribution in [1.82, 2.24) is 5.32 Å². The smallest absolute Gasteiger partial charge is 0.294 e. The summed E-state index contributed by atoms with van der Waals surface area (Å²) < 4.78 is 29.9. The van der Waals surface area contributed by atoms with Crippen LogP contribution in [0.2, 0.25) is 0 Å². The molecule has 0 aliphatic carbocycles. The maximum absolute atomic E-state index is 10.9. The van der Waals surface area contributed by atoms with Gasteiger partial charge in [0, 0.05) is 11.8 Å². The number of nitrogens with one attached hydrogen (secondary N) is 1. The number of rotatable bonds is 1. The lowest BCUT2D eigenvalue weighted by atomic mass is 10.1. The highest BCUT2D eigenvalue weighted by Gasteiger charge is 2.27. The largest absolute Gasteiger partial charge is 0.313 e. The molecule has 3 rings (SSSR count). The molecule has 2 N–H and O–H groups in total. The molecule has 0 spiro atoms. The van der Waals surface area contributed by atoms with E-state index in [0.29, 0.717) is 10.8 Å². The Balaban J connectivity index is 0.000000154. The molecule has 1 aromatic rings. The van der Waals surface area contributed by atoms with Gasteiger partial charge in [-0.1, -0.05) is 30.0 Å². The second kappa shape index (κ2) is 6.74. The molecule has 0 amide bonds. The summed E-state index contributed by atoms with van der Waals surface area (Å²) in [7, 11) is -4.03. The normalized spacial score (nSPS) is 21.1. The molecule has 5 nitrogen and oxygen atoms in total. The number of aryl methyl sites for hydroxylation is 1. The van der Waals surface area contributed by atoms with Crippen molar-refractivity contribution < 1.29 is 17.8 Å². The minimum atomic E-state index is -4.03. The van der Waals surface area contributed by atoms with Crippen LogP contribution in [0.3, 0.4) is 0 Å². The number of fused-ring (bicyclic) bond motifs is 1. The van der Waals surface area contributed by atoms with Gasteiger partial charge in [-0.3, -0.25) is 9.35 Å². The predicted molar refractivity (Wildman–Crippen MR) is 82.9 cm³/mol. The molecule has 7 heteroatoms. The maximum Gasteiger partial charge on any atom is 0.294 e. The molecule has 0 saturated carbocycles. The Hall–Kier alpha value is -1.15. The fraction of sp³-hybridized carbons (Fsp3) is 0.357. The van der Waals surface area contributed by atoms with Crippen molar-refractivity contribution in [2.75, 3.05) is 13.1 Å². The van der Waals surface area contributed by atoms with Gasteiger partial charge in [0.2, 0.25) is 5.12 Å². The van der Waals surface area contributed by atoms with Gasteiger partial charge in [0.15, 0.2) is 0 Å². The van der Waals surface area contributed by atoms with E-state index in [9.17, 15) is 13.2 Å². The van der Waals surface area contributed by atoms with Crippen molar-refractivity contribution >= 4 is 27.0 Å². The van der Waals surface area contributed by atoms with Gasteiger partial charge < -0.3 is 5.32 Å². The first-order valence-corrected chi connectivity index (χ1v) is 8.85. The van der Waals surface area contributed by atoms with Crippen molar-refractivity contribution in [3.8, 4) is 0 Å². The molecule has 0 aromatic heterocycles. The van der Waals surface area contributed by atoms with Crippen LogP contribution in [-0.4, -0.2) is 36.4 Å². The van der Waals surface area contributed by atoms with E-state index < -0.39 is 10.1 Å². The molecule has 1 aromatic carbocycles. The van der Waals surface area contributed by atoms with Gasteiger partial charge in [0.25, 0.3) is 10.1 Å². The Labute approximate surface area is 128 Å². The van der Waals surface area contributed by atoms with Gasteiger partial charge in [-0.2, -0.15) is 8.42 Å². The predicted octanol–water partition coefficient (Wildman–Crippen LogP) is 1.79. The Morgan fingerprint density at radius 2 is 2.05 bits per heavy atom. The number of carbonyl (C=O) groups excluding carboxylic acids is 1. The molecule has 0 radical (unpaired) electrons. The second-order valence-corrected chi connectivity index (χ2v) is 7.45. The lowest BCUT2D eigenvalue weighted by Crippen LogP contribution is -2.30. The van der Waals surface area contributed by atoms with Crippen LogP contribution in [0.4, 0.5) is 0 Å². The van der Waals surface area contributed by atoms with E-state index in [0.717, 1.165) is 19.5 Å². The fourth-order valence-corrected chi connectivity index (χ4v) is 3.98. The first-order chi connectivity index (χ1) is 9.88. The van der Waals surface area contributed by atoms with Crippen LogP contribution >= 0.6 is 11.8 Å². The van der Waals surface area contributed by atoms with Gasteiger partial charge >= 0.3 is 0 Å². The van der Waals surface area contributed by atoms with Crippen molar-refractivity contribution in [2.24, 2.45) is 0 Å². The molecule has 1 unspecified atom stereocenters. The highest BCUT2D eigenvalue weighted by Crippen LogP contribution is 2.31. The minimum Gasteiger partial charge on any atom is -0.313 e. The lowest BCUT2D eigenvalue weighted by Gasteiger charge is -2.19. The molecular formula is C14H17NO4S2. The summed E-state index contributed by atoms with van der Waals surface area (Å²) in [5, 5.41) is 3.99. The van der Waals surface area contributed by atoms with Crippen molar-refractivity contribution in [3.63, 3.8) is 0 Å². The summed E-state index contributed by atoms with van der Waals surface area (Å²) in [5.74, 6) is 0. The van der Waals surface area contributed by atoms with Crippen LogP contribution in [-0.2, 0) is 14.9 Å². The van der Waals surface area contributed by atoms with E-state index in [1.54, 1.807) is 31.2 Å². The molecule has 0 bridgehead atoms. The molecule has 2 aliphatic heterocycles. The molecule has 114 valence electrons. The molecule has 1 fully saturated rings. The molecule has 21 heavy (non-hydrogen) atoms. The number of hydrogen-bond acceptors (Lipinski definition) is 5. The molecule has 2 aliphatic rings. The van der Waals surface area contributed by atoms with Gasteiger partial charge in [-0.25, -0.2) is 0 Å². The van der Waals surface area contributed by atoms with Crippen molar-refractivity contribution in [3.05, 3.63) is 41.5 Å². The number of benzene rings is 1. The Morgan fingerprint density at radius 1 is 1.33 bits per heavy atom. The highest BCUT2D eigenvalue weighted by atomic mass is 32.2. The highest BCUT2D eigenvalue weighted by molar-refractivity contribution is 8.15. The first kappa shape index (κ1) is 16.2. The Bertz CT molecular complexity index is 667. The summed E-state index contributed by atoms with van der Waals surface area (Å²) in [5.41, 5.74) is 1.84. The van der Waals surface area contributed by atoms with Crippen molar-refractivity contribution in [2.45, 2.75) is 23.5 Å². The van der Waals surface area contributed by atoms with Crippen LogP contribution in [0.5, 0.6) is 0 Å². The first-order valence-electron chi connectivity index (χ1n) is 6.53. The van der Waals surface area contributed by atoms with Crippen LogP contribution in [0.1, 0.15) is 12.0 Å². The summed E-state index contributed by atoms with van der Waals surface area (Å²) >= 11 is 1.48. The number of carbonyl (C=O) groups is 1. The third-order valence-corrected chi connectivity index (χ3v) is 5.45. The van der Waals surface area contributed by atoms with Gasteiger partial charge in [-0.05, 0) is 43.2 Å². The summed E-state index contributed by atoms with van der Waals surface area (Å²) in [6.45, 7) is 3.61. The number of thioether (sulfide) groups is 1. The topological polar surface area (TPSA) is 83.5 Å². The van der Waals surface area contributed by atoms with E-state index in [1.807, 2.05) is 0 Å². The molecular weight excluding hydrogens is 310 g/mol. The standard InChI is InChI=1S/C7H9NOS.C7H8O3S/c9-7-3-5-4-8-2-1-6(5)10-7;1-6-4-2-3-5-7(6)11(8,9)10/h3,6,8H,1-2,4H2;2-5H,1H3,(H,8,9,10). The van der Waals surface area contributed by atoms with Gasteiger partial charge in [0.1, 0.15) is 0 Å². The van der Waals surface area contributed by atoms with Crippen molar-refractivity contribution in [1.29, 1.82) is 0 Å². The van der Waals surface area contributed by atoms with Crippen LogP contribution in [0.25, 0.3) is 0 Å². The number of hydrogen-bond donors (Lipinski definition) is 2. The molecule has 1 atom stereocenters. The van der Waals surface area contributed by atoms with Gasteiger partial charge in [0.05, 0.1) is 4.90 Å². The monoisotopic (exact) mass is 327 g/mol. The lowest BCUT2D eigenvalue weighted by molar-refractivity contribution is -0.106. The van der Waals surface area contributed by atoms with E-state index in [-0.39, 0.29) is 10.0 Å². The molecule has 1 saturated heterocycles. The zero-order valence-electron chi connectivity index (χ0n) is 11.6. The van der Waals surface area contributed by atoms with Crippen LogP contribution in [0, 0.1) is 6.92 Å². The molecule has 2 heterocycles. The summed E-state index contributed by atoms with van der Waals surface area (Å²) in [4.78, 5) is 10.8. The Kier molecular flexibility index (Phi) is 5.21. The Morgan fingerprint density at radius 3 is 2.62 bits per heavy atom. The van der Waals surface area contributed by atoms with E-state index >= 15 is 0 Å². The van der Waals surface area contributed by atoms with E-state index in [1.165, 1.54) is 23.4 Å². The average Bonchev–Trinajstić information content (AvgIpc) is 2.78. The number of piperidine rings is 1. The minimum absolute atomic E-state index is 0.0278. The summed E-state index contributed by atoms with van der Waals surface area (Å²) in [6, 6.07) is 6.27. The van der Waals surface area contributed by atoms with E-state index in [4.69, 9.17) is 4.55 Å². The quantitative estimate of drug-likeness (QED) is 0.765. The van der Waals surface area contributed by atoms with Crippen LogP contribution in [0.15, 0.2) is 40.8 Å². The third-order valence-electron chi connectivity index (χ3n) is 3.26. The maximum atomic E-state index is 10.9. The van der Waals surface area contributed by atoms with E-state index in [2.05, 4.69) is 5.32 Å². The zero-order chi connectivity index (χ0) is 15.5. The summed E-state index contributed by atoms with van der Waals surface area (Å²) in [6.07, 6.45) is 2.89. The SMILES string of the molecule is Cc1ccccc1S(=O)(=O)O.O=C1C=C2CNCCC2S1. The third kappa shape index (κ3) is 4.41. The second-order valence-electron chi connectivity index (χ2n) is 4.85. The fourth-order valence-electron chi connectivity index (χ4n) is 2.22.